The van der Waals surface area contributed by atoms with Crippen LogP contribution in [0, 0.1) is 17.7 Å². The molecule has 4 fully saturated rings. The van der Waals surface area contributed by atoms with Gasteiger partial charge in [-0.15, -0.1) is 0 Å². The van der Waals surface area contributed by atoms with Gasteiger partial charge in [-0.1, -0.05) is 23.7 Å². The highest BCUT2D eigenvalue weighted by Crippen LogP contribution is 2.44. The molecule has 0 radical (unpaired) electrons. The Balaban J connectivity index is 0.000000253. The van der Waals surface area contributed by atoms with Gasteiger partial charge in [-0.05, 0) is 68.7 Å². The predicted octanol–water partition coefficient (Wildman–Crippen LogP) is 5.75. The average molecular weight is 610 g/mol. The van der Waals surface area contributed by atoms with Gasteiger partial charge in [0.05, 0.1) is 18.6 Å². The first kappa shape index (κ1) is 28.4. The lowest BCUT2D eigenvalue weighted by Gasteiger charge is -2.34. The molecule has 226 valence electrons. The summed E-state index contributed by atoms with van der Waals surface area (Å²) in [4.78, 5) is 17.5. The number of anilines is 1. The van der Waals surface area contributed by atoms with E-state index in [1.165, 1.54) is 26.0 Å². The number of alkyl halides is 1. The Bertz CT molecular complexity index is 1730. The van der Waals surface area contributed by atoms with Crippen molar-refractivity contribution in [2.24, 2.45) is 11.8 Å². The van der Waals surface area contributed by atoms with Crippen LogP contribution in [0.5, 0.6) is 11.8 Å². The van der Waals surface area contributed by atoms with Crippen molar-refractivity contribution in [2.45, 2.75) is 50.4 Å². The van der Waals surface area contributed by atoms with Crippen LogP contribution in [0.3, 0.4) is 0 Å². The third-order valence-corrected chi connectivity index (χ3v) is 10.1. The van der Waals surface area contributed by atoms with Gasteiger partial charge in [-0.3, -0.25) is 9.88 Å². The highest BCUT2D eigenvalue weighted by atomic mass is 35.5. The molecular formula is C32H34ClF2N5O3. The minimum Gasteiger partial charge on any atom is -0.508 e. The largest absolute Gasteiger partial charge is 0.508 e. The first-order valence-corrected chi connectivity index (χ1v) is 15.2. The monoisotopic (exact) mass is 609 g/mol. The van der Waals surface area contributed by atoms with Crippen LogP contribution in [-0.4, -0.2) is 81.2 Å². The zero-order valence-corrected chi connectivity index (χ0v) is 24.9. The summed E-state index contributed by atoms with van der Waals surface area (Å²) in [7, 11) is 1.44. The summed E-state index contributed by atoms with van der Waals surface area (Å²) in [5.41, 5.74) is 0.709. The van der Waals surface area contributed by atoms with E-state index in [9.17, 15) is 14.6 Å². The molecule has 0 amide bonds. The summed E-state index contributed by atoms with van der Waals surface area (Å²) in [6.45, 7) is 5.37. The summed E-state index contributed by atoms with van der Waals surface area (Å²) < 4.78 is 34.1. The van der Waals surface area contributed by atoms with Gasteiger partial charge in [-0.2, -0.15) is 9.97 Å². The van der Waals surface area contributed by atoms with Crippen molar-refractivity contribution in [1.82, 2.24) is 19.9 Å². The molecule has 1 aliphatic carbocycles. The highest BCUT2D eigenvalue weighted by Gasteiger charge is 2.47. The molecule has 3 saturated heterocycles. The standard InChI is InChI=1S/C24H20ClFN4O3.C8H14FN/c1-33-24-28-22-15(23(29-24)30-9-12-6-18(32)16(12)10-30)8-27-21(20(22)26)14-7-13(31)5-11-3-2-4-17(25)19(11)14;1-8-3-2-4-10(8)6-7(9)5-8/h2-5,7-8,12,16,18,31-32H,6,9-10H2,1H3;7H,2-6H2,1H3/t12?,16?,18-;7?,8-/m10/s1. The van der Waals surface area contributed by atoms with Crippen LogP contribution in [-0.2, 0) is 0 Å². The summed E-state index contributed by atoms with van der Waals surface area (Å²) in [5.74, 6) is 0.458. The molecular weight excluding hydrogens is 576 g/mol. The molecule has 3 unspecified atom stereocenters. The van der Waals surface area contributed by atoms with Crippen LogP contribution in [0.1, 0.15) is 32.6 Å². The molecule has 0 spiro atoms. The van der Waals surface area contributed by atoms with Crippen LogP contribution >= 0.6 is 11.6 Å². The second-order valence-electron chi connectivity index (χ2n) is 12.5. The van der Waals surface area contributed by atoms with Crippen molar-refractivity contribution in [1.29, 1.82) is 0 Å². The maximum atomic E-state index is 16.0. The Morgan fingerprint density at radius 2 is 2.00 bits per heavy atom. The number of methoxy groups -OCH3 is 1. The highest BCUT2D eigenvalue weighted by molar-refractivity contribution is 6.36. The van der Waals surface area contributed by atoms with Crippen LogP contribution in [0.25, 0.3) is 32.9 Å². The van der Waals surface area contributed by atoms with Gasteiger partial charge in [0, 0.05) is 53.3 Å². The fraction of sp³-hybridized carbons (Fsp3) is 0.469. The van der Waals surface area contributed by atoms with Gasteiger partial charge in [0.2, 0.25) is 0 Å². The Kier molecular flexibility index (Phi) is 7.06. The van der Waals surface area contributed by atoms with E-state index in [1.807, 2.05) is 4.90 Å². The van der Waals surface area contributed by atoms with E-state index < -0.39 is 12.0 Å². The van der Waals surface area contributed by atoms with E-state index in [4.69, 9.17) is 16.3 Å². The maximum Gasteiger partial charge on any atom is 0.318 e. The van der Waals surface area contributed by atoms with Crippen molar-refractivity contribution in [3.05, 3.63) is 47.4 Å². The van der Waals surface area contributed by atoms with Gasteiger partial charge in [0.1, 0.15) is 28.9 Å². The molecule has 0 bridgehead atoms. The molecule has 8 nitrogen and oxygen atoms in total. The number of pyridine rings is 1. The number of phenols is 1. The number of fused-ring (bicyclic) bond motifs is 4. The number of rotatable bonds is 3. The van der Waals surface area contributed by atoms with Crippen molar-refractivity contribution in [3.63, 3.8) is 0 Å². The topological polar surface area (TPSA) is 94.8 Å². The second kappa shape index (κ2) is 10.7. The predicted molar refractivity (Wildman–Crippen MR) is 162 cm³/mol. The normalized spacial score (nSPS) is 28.0. The first-order valence-electron chi connectivity index (χ1n) is 14.8. The van der Waals surface area contributed by atoms with Crippen LogP contribution in [0.2, 0.25) is 5.02 Å². The number of halogens is 3. The molecule has 5 heterocycles. The SMILES string of the molecule is COc1nc(N2CC3C[C@@H](O)C3C2)c2cnc(-c3cc(O)cc4cccc(Cl)c34)c(F)c2n1.C[C@@]12CCCN1CC(F)C2. The van der Waals surface area contributed by atoms with E-state index in [0.29, 0.717) is 51.6 Å². The molecule has 4 aliphatic rings. The minimum atomic E-state index is -0.650. The fourth-order valence-electron chi connectivity index (χ4n) is 7.54. The molecule has 43 heavy (non-hydrogen) atoms. The number of nitrogens with zero attached hydrogens (tertiary/aromatic N) is 5. The zero-order valence-electron chi connectivity index (χ0n) is 24.1. The number of aromatic nitrogens is 3. The minimum absolute atomic E-state index is 0.0203. The number of aromatic hydroxyl groups is 1. The molecule has 2 aromatic carbocycles. The van der Waals surface area contributed by atoms with E-state index in [1.54, 1.807) is 30.5 Å². The number of benzene rings is 2. The molecule has 5 atom stereocenters. The lowest BCUT2D eigenvalue weighted by Crippen LogP contribution is -2.39. The fourth-order valence-corrected chi connectivity index (χ4v) is 7.82. The third kappa shape index (κ3) is 4.84. The summed E-state index contributed by atoms with van der Waals surface area (Å²) >= 11 is 6.43. The Hall–Kier alpha value is -3.34. The third-order valence-electron chi connectivity index (χ3n) is 9.81. The molecule has 8 rings (SSSR count). The number of aliphatic hydroxyl groups excluding tert-OH is 1. The van der Waals surface area contributed by atoms with Crippen LogP contribution in [0.15, 0.2) is 36.5 Å². The van der Waals surface area contributed by atoms with Crippen molar-refractivity contribution in [3.8, 4) is 23.0 Å². The lowest BCUT2D eigenvalue weighted by molar-refractivity contribution is -0.00399. The number of ether oxygens (including phenoxy) is 1. The molecule has 1 saturated carbocycles. The summed E-state index contributed by atoms with van der Waals surface area (Å²) in [6.07, 6.45) is 4.70. The van der Waals surface area contributed by atoms with Gasteiger partial charge in [0.25, 0.3) is 0 Å². The Labute approximate surface area is 253 Å². The number of aliphatic hydroxyl groups is 1. The van der Waals surface area contributed by atoms with E-state index in [0.717, 1.165) is 25.9 Å². The number of hydrogen-bond donors (Lipinski definition) is 2. The molecule has 2 aromatic heterocycles. The maximum absolute atomic E-state index is 16.0. The first-order chi connectivity index (χ1) is 20.6. The lowest BCUT2D eigenvalue weighted by atomic mass is 9.74. The van der Waals surface area contributed by atoms with Gasteiger partial charge in [0.15, 0.2) is 5.82 Å². The van der Waals surface area contributed by atoms with Gasteiger partial charge < -0.3 is 19.8 Å². The molecule has 3 aliphatic heterocycles. The zero-order chi connectivity index (χ0) is 30.0. The van der Waals surface area contributed by atoms with Gasteiger partial charge >= 0.3 is 6.01 Å². The van der Waals surface area contributed by atoms with Crippen molar-refractivity contribution < 1.29 is 23.7 Å². The van der Waals surface area contributed by atoms with Crippen molar-refractivity contribution >= 4 is 39.1 Å². The average Bonchev–Trinajstić information content (AvgIpc) is 3.60. The van der Waals surface area contributed by atoms with E-state index in [2.05, 4.69) is 26.8 Å². The van der Waals surface area contributed by atoms with Crippen LogP contribution in [0.4, 0.5) is 14.6 Å². The molecule has 4 aromatic rings. The second-order valence-corrected chi connectivity index (χ2v) is 12.9. The Morgan fingerprint density at radius 1 is 1.16 bits per heavy atom. The quantitative estimate of drug-likeness (QED) is 0.303. The summed E-state index contributed by atoms with van der Waals surface area (Å²) in [6, 6.07) is 8.34. The van der Waals surface area contributed by atoms with E-state index in [-0.39, 0.29) is 40.5 Å². The Morgan fingerprint density at radius 3 is 2.74 bits per heavy atom. The molecule has 2 N–H and O–H groups in total. The molecule has 11 heteroatoms. The number of hydrogen-bond acceptors (Lipinski definition) is 8. The van der Waals surface area contributed by atoms with E-state index >= 15 is 4.39 Å². The van der Waals surface area contributed by atoms with Crippen LogP contribution < -0.4 is 9.64 Å². The van der Waals surface area contributed by atoms with Crippen molar-refractivity contribution in [2.75, 3.05) is 38.2 Å². The smallest absolute Gasteiger partial charge is 0.318 e. The summed E-state index contributed by atoms with van der Waals surface area (Å²) in [5, 5.41) is 22.4. The van der Waals surface area contributed by atoms with Gasteiger partial charge in [-0.25, -0.2) is 8.78 Å². The number of phenolic OH excluding ortho intramolecular Hbond substituents is 1.